The van der Waals surface area contributed by atoms with Gasteiger partial charge < -0.3 is 10.5 Å². The van der Waals surface area contributed by atoms with Gasteiger partial charge in [-0.25, -0.2) is 0 Å². The smallest absolute Gasteiger partial charge is 0.0576 e. The Balaban J connectivity index is 1.64. The summed E-state index contributed by atoms with van der Waals surface area (Å²) >= 11 is 5.27. The maximum Gasteiger partial charge on any atom is 0.0576 e. The molecule has 0 amide bonds. The van der Waals surface area contributed by atoms with Crippen molar-refractivity contribution in [2.75, 3.05) is 12.4 Å². The van der Waals surface area contributed by atoms with Crippen LogP contribution in [0.4, 0.5) is 0 Å². The lowest BCUT2D eigenvalue weighted by atomic mass is 10.1. The highest BCUT2D eigenvalue weighted by Gasteiger charge is 2.16. The van der Waals surface area contributed by atoms with E-state index in [4.69, 9.17) is 10.5 Å². The number of hydrogen-bond donors (Lipinski definition) is 1. The topological polar surface area (TPSA) is 35.2 Å². The third-order valence-corrected chi connectivity index (χ3v) is 4.89. The Morgan fingerprint density at radius 3 is 2.83 bits per heavy atom. The van der Waals surface area contributed by atoms with Crippen LogP contribution in [0.15, 0.2) is 33.6 Å². The molecule has 1 aromatic rings. The zero-order valence-corrected chi connectivity index (χ0v) is 12.9. The van der Waals surface area contributed by atoms with Crippen molar-refractivity contribution >= 4 is 27.7 Å². The van der Waals surface area contributed by atoms with Crippen LogP contribution in [0.1, 0.15) is 25.7 Å². The Kier molecular flexibility index (Phi) is 6.02. The first-order valence-electron chi connectivity index (χ1n) is 6.49. The molecule has 0 saturated carbocycles. The zero-order valence-electron chi connectivity index (χ0n) is 10.5. The van der Waals surface area contributed by atoms with E-state index in [1.807, 2.05) is 11.8 Å². The SMILES string of the molecule is NC(CCC1CCCO1)CSc1ccc(Br)cc1. The van der Waals surface area contributed by atoms with E-state index < -0.39 is 0 Å². The van der Waals surface area contributed by atoms with E-state index in [2.05, 4.69) is 40.2 Å². The second kappa shape index (κ2) is 7.53. The van der Waals surface area contributed by atoms with Gasteiger partial charge >= 0.3 is 0 Å². The van der Waals surface area contributed by atoms with E-state index in [1.54, 1.807) is 0 Å². The van der Waals surface area contributed by atoms with Crippen LogP contribution in [0.3, 0.4) is 0 Å². The molecule has 1 aliphatic heterocycles. The molecular formula is C14H20BrNOS. The van der Waals surface area contributed by atoms with E-state index >= 15 is 0 Å². The van der Waals surface area contributed by atoms with Gasteiger partial charge in [0.25, 0.3) is 0 Å². The van der Waals surface area contributed by atoms with Gasteiger partial charge in [-0.15, -0.1) is 11.8 Å². The summed E-state index contributed by atoms with van der Waals surface area (Å²) in [4.78, 5) is 1.28. The Bertz CT molecular complexity index is 351. The number of halogens is 1. The van der Waals surface area contributed by atoms with Crippen molar-refractivity contribution in [2.24, 2.45) is 5.73 Å². The van der Waals surface area contributed by atoms with Crippen molar-refractivity contribution in [3.05, 3.63) is 28.7 Å². The largest absolute Gasteiger partial charge is 0.378 e. The predicted molar refractivity (Wildman–Crippen MR) is 81.0 cm³/mol. The molecule has 0 aromatic heterocycles. The second-order valence-corrected chi connectivity index (χ2v) is 6.75. The molecular weight excluding hydrogens is 310 g/mol. The van der Waals surface area contributed by atoms with Crippen LogP contribution in [0.5, 0.6) is 0 Å². The van der Waals surface area contributed by atoms with Gasteiger partial charge in [0, 0.05) is 27.8 Å². The molecule has 0 spiro atoms. The van der Waals surface area contributed by atoms with E-state index in [0.29, 0.717) is 6.10 Å². The lowest BCUT2D eigenvalue weighted by Gasteiger charge is -2.14. The van der Waals surface area contributed by atoms with Gasteiger partial charge in [-0.1, -0.05) is 15.9 Å². The first-order valence-corrected chi connectivity index (χ1v) is 8.27. The predicted octanol–water partition coefficient (Wildman–Crippen LogP) is 3.83. The minimum absolute atomic E-state index is 0.267. The molecule has 100 valence electrons. The Morgan fingerprint density at radius 1 is 1.39 bits per heavy atom. The van der Waals surface area contributed by atoms with Gasteiger partial charge in [0.15, 0.2) is 0 Å². The first-order chi connectivity index (χ1) is 8.74. The minimum Gasteiger partial charge on any atom is -0.378 e. The number of nitrogens with two attached hydrogens (primary N) is 1. The molecule has 1 aliphatic rings. The molecule has 2 nitrogen and oxygen atoms in total. The van der Waals surface area contributed by atoms with E-state index in [9.17, 15) is 0 Å². The molecule has 2 N–H and O–H groups in total. The molecule has 0 aliphatic carbocycles. The summed E-state index contributed by atoms with van der Waals surface area (Å²) in [6.07, 6.45) is 5.07. The number of benzene rings is 1. The van der Waals surface area contributed by atoms with E-state index in [-0.39, 0.29) is 6.04 Å². The quantitative estimate of drug-likeness (QED) is 0.805. The average Bonchev–Trinajstić information content (AvgIpc) is 2.89. The summed E-state index contributed by atoms with van der Waals surface area (Å²) in [5, 5.41) is 0. The molecule has 0 radical (unpaired) electrons. The fourth-order valence-electron chi connectivity index (χ4n) is 2.09. The van der Waals surface area contributed by atoms with E-state index in [0.717, 1.165) is 29.7 Å². The van der Waals surface area contributed by atoms with Crippen molar-refractivity contribution in [3.63, 3.8) is 0 Å². The number of ether oxygens (including phenoxy) is 1. The summed E-state index contributed by atoms with van der Waals surface area (Å²) in [5.74, 6) is 0.981. The van der Waals surface area contributed by atoms with E-state index in [1.165, 1.54) is 17.7 Å². The van der Waals surface area contributed by atoms with Gasteiger partial charge in [0.1, 0.15) is 0 Å². The molecule has 2 atom stereocenters. The monoisotopic (exact) mass is 329 g/mol. The first kappa shape index (κ1) is 14.4. The van der Waals surface area contributed by atoms with Crippen molar-refractivity contribution in [2.45, 2.75) is 42.7 Å². The fourth-order valence-corrected chi connectivity index (χ4v) is 3.26. The Morgan fingerprint density at radius 2 is 2.17 bits per heavy atom. The molecule has 1 fully saturated rings. The maximum absolute atomic E-state index is 6.14. The normalized spacial score (nSPS) is 21.1. The van der Waals surface area contributed by atoms with Gasteiger partial charge in [-0.05, 0) is 49.9 Å². The van der Waals surface area contributed by atoms with Gasteiger partial charge in [0.2, 0.25) is 0 Å². The zero-order chi connectivity index (χ0) is 12.8. The molecule has 1 aromatic carbocycles. The third kappa shape index (κ3) is 4.92. The highest BCUT2D eigenvalue weighted by molar-refractivity contribution is 9.10. The standard InChI is InChI=1S/C14H20BrNOS/c15-11-3-7-14(8-4-11)18-10-12(16)5-6-13-2-1-9-17-13/h3-4,7-8,12-13H,1-2,5-6,9-10,16H2. The van der Waals surface area contributed by atoms with Crippen molar-refractivity contribution in [3.8, 4) is 0 Å². The van der Waals surface area contributed by atoms with Crippen LogP contribution in [-0.4, -0.2) is 24.5 Å². The number of hydrogen-bond acceptors (Lipinski definition) is 3. The van der Waals surface area contributed by atoms with Gasteiger partial charge in [-0.2, -0.15) is 0 Å². The molecule has 0 bridgehead atoms. The molecule has 4 heteroatoms. The molecule has 1 heterocycles. The molecule has 2 rings (SSSR count). The highest BCUT2D eigenvalue weighted by atomic mass is 79.9. The summed E-state index contributed by atoms with van der Waals surface area (Å²) in [6, 6.07) is 8.66. The van der Waals surface area contributed by atoms with Crippen molar-refractivity contribution < 1.29 is 4.74 Å². The Hall–Kier alpha value is -0.0300. The minimum atomic E-state index is 0.267. The Labute approximate surface area is 122 Å². The van der Waals surface area contributed by atoms with Crippen molar-refractivity contribution in [1.82, 2.24) is 0 Å². The summed E-state index contributed by atoms with van der Waals surface area (Å²) in [6.45, 7) is 0.938. The molecule has 1 saturated heterocycles. The lowest BCUT2D eigenvalue weighted by molar-refractivity contribution is 0.101. The lowest BCUT2D eigenvalue weighted by Crippen LogP contribution is -2.24. The van der Waals surface area contributed by atoms with Crippen molar-refractivity contribution in [1.29, 1.82) is 0 Å². The second-order valence-electron chi connectivity index (χ2n) is 4.74. The molecule has 18 heavy (non-hydrogen) atoms. The van der Waals surface area contributed by atoms with Gasteiger partial charge in [0.05, 0.1) is 6.10 Å². The highest BCUT2D eigenvalue weighted by Crippen LogP contribution is 2.23. The number of thioether (sulfide) groups is 1. The number of rotatable bonds is 6. The average molecular weight is 330 g/mol. The summed E-state index contributed by atoms with van der Waals surface area (Å²) < 4.78 is 6.73. The molecule has 2 unspecified atom stereocenters. The van der Waals surface area contributed by atoms with Gasteiger partial charge in [-0.3, -0.25) is 0 Å². The van der Waals surface area contributed by atoms with Crippen LogP contribution in [0, 0.1) is 0 Å². The van der Waals surface area contributed by atoms with Crippen LogP contribution >= 0.6 is 27.7 Å². The van der Waals surface area contributed by atoms with Crippen LogP contribution in [-0.2, 0) is 4.74 Å². The van der Waals surface area contributed by atoms with Crippen LogP contribution in [0.2, 0.25) is 0 Å². The van der Waals surface area contributed by atoms with Crippen LogP contribution in [0.25, 0.3) is 0 Å². The maximum atomic E-state index is 6.14. The summed E-state index contributed by atoms with van der Waals surface area (Å²) in [7, 11) is 0. The summed E-state index contributed by atoms with van der Waals surface area (Å²) in [5.41, 5.74) is 6.14. The third-order valence-electron chi connectivity index (χ3n) is 3.16. The van der Waals surface area contributed by atoms with Crippen LogP contribution < -0.4 is 5.73 Å². The fraction of sp³-hybridized carbons (Fsp3) is 0.571.